The Balaban J connectivity index is 2.07. The first-order valence-corrected chi connectivity index (χ1v) is 8.92. The zero-order valence-corrected chi connectivity index (χ0v) is 16.3. The quantitative estimate of drug-likeness (QED) is 0.738. The Morgan fingerprint density at radius 2 is 1.80 bits per heavy atom. The van der Waals surface area contributed by atoms with Gasteiger partial charge in [0, 0.05) is 10.7 Å². The zero-order chi connectivity index (χ0) is 18.6. The molecule has 4 heteroatoms. The number of ether oxygens (including phenoxy) is 1. The van der Waals surface area contributed by atoms with Crippen molar-refractivity contribution in [3.8, 4) is 5.75 Å². The molecular formula is C21H26ClNO2. The fourth-order valence-corrected chi connectivity index (χ4v) is 2.73. The van der Waals surface area contributed by atoms with Gasteiger partial charge in [0.05, 0.1) is 0 Å². The molecule has 1 amide bonds. The van der Waals surface area contributed by atoms with E-state index in [9.17, 15) is 4.79 Å². The predicted molar refractivity (Wildman–Crippen MR) is 105 cm³/mol. The highest BCUT2D eigenvalue weighted by atomic mass is 35.5. The van der Waals surface area contributed by atoms with Crippen LogP contribution < -0.4 is 10.1 Å². The number of benzene rings is 2. The first-order chi connectivity index (χ1) is 11.7. The van der Waals surface area contributed by atoms with Crippen molar-refractivity contribution < 1.29 is 9.53 Å². The van der Waals surface area contributed by atoms with E-state index < -0.39 is 6.10 Å². The molecule has 2 rings (SSSR count). The number of halogens is 1. The maximum Gasteiger partial charge on any atom is 0.265 e. The summed E-state index contributed by atoms with van der Waals surface area (Å²) in [7, 11) is 0. The van der Waals surface area contributed by atoms with E-state index in [1.165, 1.54) is 5.56 Å². The van der Waals surface area contributed by atoms with Gasteiger partial charge in [-0.15, -0.1) is 0 Å². The lowest BCUT2D eigenvalue weighted by Crippen LogP contribution is -2.32. The summed E-state index contributed by atoms with van der Waals surface area (Å²) in [5.41, 5.74) is 2.99. The largest absolute Gasteiger partial charge is 0.481 e. The molecule has 0 saturated heterocycles. The molecule has 0 bridgehead atoms. The van der Waals surface area contributed by atoms with Crippen molar-refractivity contribution in [2.45, 2.75) is 52.6 Å². The van der Waals surface area contributed by atoms with Crippen LogP contribution in [0.1, 0.15) is 45.2 Å². The molecule has 0 radical (unpaired) electrons. The van der Waals surface area contributed by atoms with E-state index >= 15 is 0 Å². The molecule has 0 aliphatic heterocycles. The van der Waals surface area contributed by atoms with Crippen LogP contribution in [0.2, 0.25) is 5.02 Å². The molecule has 0 aliphatic rings. The summed E-state index contributed by atoms with van der Waals surface area (Å²) in [6, 6.07) is 13.3. The van der Waals surface area contributed by atoms with Gasteiger partial charge in [0.2, 0.25) is 0 Å². The number of carbonyl (C=O) groups excluding carboxylic acids is 1. The maximum absolute atomic E-state index is 12.5. The van der Waals surface area contributed by atoms with Gasteiger partial charge in [-0.05, 0) is 60.2 Å². The summed E-state index contributed by atoms with van der Waals surface area (Å²) in [6.45, 7) is 10.3. The van der Waals surface area contributed by atoms with Gasteiger partial charge >= 0.3 is 0 Å². The van der Waals surface area contributed by atoms with E-state index in [0.717, 1.165) is 11.3 Å². The Hall–Kier alpha value is -2.00. The second kappa shape index (κ2) is 7.92. The van der Waals surface area contributed by atoms with Crippen LogP contribution in [0.3, 0.4) is 0 Å². The van der Waals surface area contributed by atoms with Crippen molar-refractivity contribution in [3.05, 3.63) is 58.6 Å². The Morgan fingerprint density at radius 3 is 2.32 bits per heavy atom. The molecule has 0 unspecified atom stereocenters. The SMILES string of the molecule is CC[C@H](Oc1ccc(C(C)(C)C)cc1)C(=O)Nc1ccc(Cl)cc1C. The first-order valence-electron chi connectivity index (χ1n) is 8.55. The molecule has 1 N–H and O–H groups in total. The minimum absolute atomic E-state index is 0.0895. The number of nitrogens with one attached hydrogen (secondary N) is 1. The average Bonchev–Trinajstić information content (AvgIpc) is 2.54. The maximum atomic E-state index is 12.5. The van der Waals surface area contributed by atoms with E-state index in [2.05, 4.69) is 26.1 Å². The van der Waals surface area contributed by atoms with Crippen LogP contribution in [0.25, 0.3) is 0 Å². The minimum atomic E-state index is -0.546. The third-order valence-corrected chi connectivity index (χ3v) is 4.34. The molecule has 25 heavy (non-hydrogen) atoms. The monoisotopic (exact) mass is 359 g/mol. The van der Waals surface area contributed by atoms with Crippen LogP contribution >= 0.6 is 11.6 Å². The van der Waals surface area contributed by atoms with Crippen molar-refractivity contribution in [1.82, 2.24) is 0 Å². The number of anilines is 1. The van der Waals surface area contributed by atoms with Gasteiger partial charge in [-0.1, -0.05) is 51.4 Å². The molecule has 0 saturated carbocycles. The lowest BCUT2D eigenvalue weighted by molar-refractivity contribution is -0.122. The van der Waals surface area contributed by atoms with E-state index in [1.807, 2.05) is 44.2 Å². The van der Waals surface area contributed by atoms with Gasteiger partial charge in [-0.2, -0.15) is 0 Å². The van der Waals surface area contributed by atoms with Gasteiger partial charge in [-0.3, -0.25) is 4.79 Å². The number of amides is 1. The minimum Gasteiger partial charge on any atom is -0.481 e. The van der Waals surface area contributed by atoms with E-state index in [1.54, 1.807) is 12.1 Å². The lowest BCUT2D eigenvalue weighted by Gasteiger charge is -2.21. The Kier molecular flexibility index (Phi) is 6.12. The molecule has 2 aromatic rings. The summed E-state index contributed by atoms with van der Waals surface area (Å²) < 4.78 is 5.89. The third kappa shape index (κ3) is 5.23. The fraction of sp³-hybridized carbons (Fsp3) is 0.381. The molecule has 0 spiro atoms. The van der Waals surface area contributed by atoms with Crippen LogP contribution in [0.15, 0.2) is 42.5 Å². The highest BCUT2D eigenvalue weighted by Crippen LogP contribution is 2.25. The first kappa shape index (κ1) is 19.3. The van der Waals surface area contributed by atoms with Crippen LogP contribution in [-0.2, 0) is 10.2 Å². The van der Waals surface area contributed by atoms with Crippen LogP contribution in [-0.4, -0.2) is 12.0 Å². The van der Waals surface area contributed by atoms with Gasteiger partial charge in [0.1, 0.15) is 5.75 Å². The molecule has 0 aliphatic carbocycles. The normalized spacial score (nSPS) is 12.6. The predicted octanol–water partition coefficient (Wildman–Crippen LogP) is 5.74. The summed E-state index contributed by atoms with van der Waals surface area (Å²) >= 11 is 5.96. The summed E-state index contributed by atoms with van der Waals surface area (Å²) in [5, 5.41) is 3.57. The van der Waals surface area contributed by atoms with Crippen molar-refractivity contribution >= 4 is 23.2 Å². The number of carbonyl (C=O) groups is 1. The van der Waals surface area contributed by atoms with Gasteiger partial charge in [0.15, 0.2) is 6.10 Å². The number of aryl methyl sites for hydroxylation is 1. The molecule has 0 aromatic heterocycles. The molecule has 0 heterocycles. The Morgan fingerprint density at radius 1 is 1.16 bits per heavy atom. The smallest absolute Gasteiger partial charge is 0.265 e. The molecule has 2 aromatic carbocycles. The molecule has 0 fully saturated rings. The van der Waals surface area contributed by atoms with E-state index in [-0.39, 0.29) is 11.3 Å². The number of hydrogen-bond donors (Lipinski definition) is 1. The van der Waals surface area contributed by atoms with E-state index in [0.29, 0.717) is 17.2 Å². The third-order valence-electron chi connectivity index (χ3n) is 4.11. The van der Waals surface area contributed by atoms with Crippen molar-refractivity contribution in [2.75, 3.05) is 5.32 Å². The van der Waals surface area contributed by atoms with Crippen molar-refractivity contribution in [3.63, 3.8) is 0 Å². The lowest BCUT2D eigenvalue weighted by atomic mass is 9.87. The summed E-state index contributed by atoms with van der Waals surface area (Å²) in [4.78, 5) is 12.5. The van der Waals surface area contributed by atoms with E-state index in [4.69, 9.17) is 16.3 Å². The molecular weight excluding hydrogens is 334 g/mol. The van der Waals surface area contributed by atoms with Gasteiger partial charge in [-0.25, -0.2) is 0 Å². The van der Waals surface area contributed by atoms with Crippen LogP contribution in [0, 0.1) is 6.92 Å². The van der Waals surface area contributed by atoms with Crippen molar-refractivity contribution in [1.29, 1.82) is 0 Å². The zero-order valence-electron chi connectivity index (χ0n) is 15.5. The van der Waals surface area contributed by atoms with Crippen LogP contribution in [0.4, 0.5) is 5.69 Å². The Labute approximate surface area is 155 Å². The highest BCUT2D eigenvalue weighted by molar-refractivity contribution is 6.30. The van der Waals surface area contributed by atoms with Crippen molar-refractivity contribution in [2.24, 2.45) is 0 Å². The second-order valence-electron chi connectivity index (χ2n) is 7.24. The summed E-state index contributed by atoms with van der Waals surface area (Å²) in [6.07, 6.45) is 0.0371. The average molecular weight is 360 g/mol. The topological polar surface area (TPSA) is 38.3 Å². The highest BCUT2D eigenvalue weighted by Gasteiger charge is 2.20. The van der Waals surface area contributed by atoms with Gasteiger partial charge < -0.3 is 10.1 Å². The fourth-order valence-electron chi connectivity index (χ4n) is 2.50. The Bertz CT molecular complexity index is 733. The van der Waals surface area contributed by atoms with Crippen LogP contribution in [0.5, 0.6) is 5.75 Å². The summed E-state index contributed by atoms with van der Waals surface area (Å²) in [5.74, 6) is 0.538. The molecule has 3 nitrogen and oxygen atoms in total. The van der Waals surface area contributed by atoms with Gasteiger partial charge in [0.25, 0.3) is 5.91 Å². The molecule has 134 valence electrons. The molecule has 1 atom stereocenters. The second-order valence-corrected chi connectivity index (χ2v) is 7.67. The standard InChI is InChI=1S/C21H26ClNO2/c1-6-19(20(24)23-18-12-9-16(22)13-14(18)2)25-17-10-7-15(8-11-17)21(3,4)5/h7-13,19H,6H2,1-5H3,(H,23,24)/t19-/m0/s1. The number of rotatable bonds is 5. The number of hydrogen-bond acceptors (Lipinski definition) is 2.